The van der Waals surface area contributed by atoms with Crippen LogP contribution in [-0.2, 0) is 0 Å². The van der Waals surface area contributed by atoms with E-state index in [0.717, 1.165) is 11.8 Å². The van der Waals surface area contributed by atoms with E-state index >= 15 is 0 Å². The molecule has 1 rings (SSSR count). The van der Waals surface area contributed by atoms with Gasteiger partial charge in [0.15, 0.2) is 0 Å². The highest BCUT2D eigenvalue weighted by atomic mass is 35.5. The van der Waals surface area contributed by atoms with E-state index in [0.29, 0.717) is 0 Å². The van der Waals surface area contributed by atoms with E-state index in [4.69, 9.17) is 5.73 Å². The molecule has 4 N–H and O–H groups in total. The molecule has 0 heterocycles. The van der Waals surface area contributed by atoms with Gasteiger partial charge in [-0.1, -0.05) is 13.8 Å². The van der Waals surface area contributed by atoms with E-state index in [2.05, 4.69) is 20.8 Å². The van der Waals surface area contributed by atoms with Crippen LogP contribution < -0.4 is 5.73 Å². The van der Waals surface area contributed by atoms with Gasteiger partial charge in [-0.15, -0.1) is 12.4 Å². The Balaban J connectivity index is 0. The quantitative estimate of drug-likeness (QED) is 0.629. The SMILES string of the molecule is C[C@@H]1C[C@H](C)C[C@](C)(N)C1.Cl.O. The molecule has 1 aliphatic carbocycles. The Morgan fingerprint density at radius 3 is 1.75 bits per heavy atom. The molecule has 0 aliphatic heterocycles. The number of hydrogen-bond acceptors (Lipinski definition) is 1. The third-order valence-electron chi connectivity index (χ3n) is 2.43. The molecule has 0 saturated heterocycles. The number of rotatable bonds is 0. The lowest BCUT2D eigenvalue weighted by Crippen LogP contribution is -2.43. The van der Waals surface area contributed by atoms with Crippen LogP contribution in [0.2, 0.25) is 0 Å². The maximum atomic E-state index is 6.06. The topological polar surface area (TPSA) is 57.5 Å². The van der Waals surface area contributed by atoms with Crippen LogP contribution in [0.15, 0.2) is 0 Å². The summed E-state index contributed by atoms with van der Waals surface area (Å²) in [4.78, 5) is 0. The standard InChI is InChI=1S/C9H19N.ClH.H2O/c1-7-4-8(2)6-9(3,10)5-7;;/h7-8H,4-6,10H2,1-3H3;1H;1H2/t7-,8+,9-;;. The Bertz CT molecular complexity index is 116. The number of halogens is 1. The molecule has 0 aromatic heterocycles. The summed E-state index contributed by atoms with van der Waals surface area (Å²) in [5.74, 6) is 1.66. The molecule has 12 heavy (non-hydrogen) atoms. The van der Waals surface area contributed by atoms with Gasteiger partial charge >= 0.3 is 0 Å². The van der Waals surface area contributed by atoms with E-state index < -0.39 is 0 Å². The first-order chi connectivity index (χ1) is 4.49. The zero-order valence-electron chi connectivity index (χ0n) is 8.26. The average molecular weight is 196 g/mol. The van der Waals surface area contributed by atoms with E-state index in [1.54, 1.807) is 0 Å². The van der Waals surface area contributed by atoms with Crippen molar-refractivity contribution in [1.29, 1.82) is 0 Å². The van der Waals surface area contributed by atoms with Crippen molar-refractivity contribution < 1.29 is 5.48 Å². The third-order valence-corrected chi connectivity index (χ3v) is 2.43. The normalized spacial score (nSPS) is 41.0. The summed E-state index contributed by atoms with van der Waals surface area (Å²) in [6.45, 7) is 6.79. The lowest BCUT2D eigenvalue weighted by Gasteiger charge is -2.37. The lowest BCUT2D eigenvalue weighted by atomic mass is 9.73. The zero-order chi connectivity index (χ0) is 7.78. The summed E-state index contributed by atoms with van der Waals surface area (Å²) in [5.41, 5.74) is 6.18. The molecule has 76 valence electrons. The zero-order valence-corrected chi connectivity index (χ0v) is 9.08. The van der Waals surface area contributed by atoms with Gasteiger partial charge in [-0.25, -0.2) is 0 Å². The van der Waals surface area contributed by atoms with Crippen LogP contribution in [0.1, 0.15) is 40.0 Å². The van der Waals surface area contributed by atoms with Gasteiger partial charge in [0.2, 0.25) is 0 Å². The van der Waals surface area contributed by atoms with E-state index in [1.165, 1.54) is 19.3 Å². The largest absolute Gasteiger partial charge is 0.412 e. The second-order valence-corrected chi connectivity index (χ2v) is 4.51. The van der Waals surface area contributed by atoms with Gasteiger partial charge in [0.25, 0.3) is 0 Å². The Morgan fingerprint density at radius 1 is 1.17 bits per heavy atom. The molecule has 0 aromatic carbocycles. The average Bonchev–Trinajstić information content (AvgIpc) is 1.54. The maximum absolute atomic E-state index is 6.06. The molecule has 0 bridgehead atoms. The molecular weight excluding hydrogens is 174 g/mol. The molecule has 1 fully saturated rings. The van der Waals surface area contributed by atoms with E-state index in [1.807, 2.05) is 0 Å². The predicted molar refractivity (Wildman–Crippen MR) is 55.6 cm³/mol. The van der Waals surface area contributed by atoms with Crippen molar-refractivity contribution in [3.8, 4) is 0 Å². The van der Waals surface area contributed by atoms with Gasteiger partial charge < -0.3 is 11.2 Å². The van der Waals surface area contributed by atoms with Crippen molar-refractivity contribution in [2.75, 3.05) is 0 Å². The van der Waals surface area contributed by atoms with Crippen LogP contribution >= 0.6 is 12.4 Å². The predicted octanol–water partition coefficient (Wildman–Crippen LogP) is 1.76. The Kier molecular flexibility index (Phi) is 6.20. The van der Waals surface area contributed by atoms with Crippen LogP contribution in [0.25, 0.3) is 0 Å². The third kappa shape index (κ3) is 4.29. The smallest absolute Gasteiger partial charge is 0.0131 e. The summed E-state index contributed by atoms with van der Waals surface area (Å²) in [5, 5.41) is 0. The van der Waals surface area contributed by atoms with Crippen LogP contribution in [0, 0.1) is 11.8 Å². The fraction of sp³-hybridized carbons (Fsp3) is 1.00. The molecule has 0 unspecified atom stereocenters. The number of hydrogen-bond donors (Lipinski definition) is 1. The lowest BCUT2D eigenvalue weighted by molar-refractivity contribution is 0.198. The van der Waals surface area contributed by atoms with Gasteiger partial charge in [0.1, 0.15) is 0 Å². The van der Waals surface area contributed by atoms with Crippen molar-refractivity contribution in [3.05, 3.63) is 0 Å². The van der Waals surface area contributed by atoms with Gasteiger partial charge in [-0.3, -0.25) is 0 Å². The molecule has 3 heteroatoms. The molecule has 1 saturated carbocycles. The second kappa shape index (κ2) is 5.05. The molecule has 0 radical (unpaired) electrons. The van der Waals surface area contributed by atoms with Gasteiger partial charge in [-0.05, 0) is 38.0 Å². The first kappa shape index (κ1) is 14.7. The fourth-order valence-electron chi connectivity index (χ4n) is 2.53. The van der Waals surface area contributed by atoms with Crippen molar-refractivity contribution in [2.24, 2.45) is 17.6 Å². The summed E-state index contributed by atoms with van der Waals surface area (Å²) < 4.78 is 0. The van der Waals surface area contributed by atoms with Crippen LogP contribution in [0.3, 0.4) is 0 Å². The molecule has 3 atom stereocenters. The van der Waals surface area contributed by atoms with E-state index in [9.17, 15) is 0 Å². The second-order valence-electron chi connectivity index (χ2n) is 4.51. The fourth-order valence-corrected chi connectivity index (χ4v) is 2.53. The van der Waals surface area contributed by atoms with Gasteiger partial charge in [-0.2, -0.15) is 0 Å². The van der Waals surface area contributed by atoms with Gasteiger partial charge in [0, 0.05) is 5.54 Å². The van der Waals surface area contributed by atoms with Crippen molar-refractivity contribution >= 4 is 12.4 Å². The maximum Gasteiger partial charge on any atom is 0.0131 e. The highest BCUT2D eigenvalue weighted by Gasteiger charge is 2.29. The Labute approximate surface area is 81.6 Å². The first-order valence-corrected chi connectivity index (χ1v) is 4.28. The van der Waals surface area contributed by atoms with Crippen LogP contribution in [0.4, 0.5) is 0 Å². The van der Waals surface area contributed by atoms with E-state index in [-0.39, 0.29) is 23.4 Å². The minimum Gasteiger partial charge on any atom is -0.412 e. The van der Waals surface area contributed by atoms with Crippen LogP contribution in [0.5, 0.6) is 0 Å². The molecule has 0 amide bonds. The summed E-state index contributed by atoms with van der Waals surface area (Å²) >= 11 is 0. The Hall–Kier alpha value is 0.210. The summed E-state index contributed by atoms with van der Waals surface area (Å²) in [6, 6.07) is 0. The van der Waals surface area contributed by atoms with Crippen molar-refractivity contribution in [2.45, 2.75) is 45.6 Å². The number of nitrogens with two attached hydrogens (primary N) is 1. The monoisotopic (exact) mass is 195 g/mol. The first-order valence-electron chi connectivity index (χ1n) is 4.28. The molecule has 1 aliphatic rings. The summed E-state index contributed by atoms with van der Waals surface area (Å²) in [7, 11) is 0. The molecule has 0 aromatic rings. The van der Waals surface area contributed by atoms with Crippen LogP contribution in [-0.4, -0.2) is 11.0 Å². The molecule has 2 nitrogen and oxygen atoms in total. The minimum atomic E-state index is 0. The minimum absolute atomic E-state index is 0. The summed E-state index contributed by atoms with van der Waals surface area (Å²) in [6.07, 6.45) is 3.78. The molecule has 0 spiro atoms. The molecular formula is C9H22ClNO. The van der Waals surface area contributed by atoms with Gasteiger partial charge in [0.05, 0.1) is 0 Å². The van der Waals surface area contributed by atoms with Crippen molar-refractivity contribution in [1.82, 2.24) is 0 Å². The Morgan fingerprint density at radius 2 is 1.50 bits per heavy atom. The highest BCUT2D eigenvalue weighted by molar-refractivity contribution is 5.85. The highest BCUT2D eigenvalue weighted by Crippen LogP contribution is 2.33. The van der Waals surface area contributed by atoms with Crippen molar-refractivity contribution in [3.63, 3.8) is 0 Å².